The number of halogens is 2. The Kier molecular flexibility index (Phi) is 7.63. The number of hydrogen-bond donors (Lipinski definition) is 0. The van der Waals surface area contributed by atoms with Crippen LogP contribution in [0.2, 0.25) is 0 Å². The number of alkyl halides is 2. The van der Waals surface area contributed by atoms with Gasteiger partial charge in [-0.05, 0) is 30.9 Å². The summed E-state index contributed by atoms with van der Waals surface area (Å²) >= 11 is 6.87. The molecular formula is C14H16Br2. The Balaban J connectivity index is 2.65. The van der Waals surface area contributed by atoms with E-state index in [1.165, 1.54) is 17.5 Å². The molecule has 0 unspecified atom stereocenters. The molecule has 16 heavy (non-hydrogen) atoms. The zero-order valence-electron chi connectivity index (χ0n) is 9.31. The molecule has 0 saturated carbocycles. The maximum absolute atomic E-state index is 3.46. The normalized spacial score (nSPS) is 9.62. The first kappa shape index (κ1) is 13.8. The van der Waals surface area contributed by atoms with Crippen LogP contribution in [-0.4, -0.2) is 10.7 Å². The third-order valence-electron chi connectivity index (χ3n) is 2.26. The second kappa shape index (κ2) is 8.84. The summed E-state index contributed by atoms with van der Waals surface area (Å²) in [5.74, 6) is 6.50. The van der Waals surface area contributed by atoms with Gasteiger partial charge in [0, 0.05) is 22.6 Å². The van der Waals surface area contributed by atoms with Gasteiger partial charge in [0.25, 0.3) is 0 Å². The van der Waals surface area contributed by atoms with Gasteiger partial charge in [-0.2, -0.15) is 0 Å². The van der Waals surface area contributed by atoms with E-state index in [2.05, 4.69) is 68.0 Å². The Morgan fingerprint density at radius 1 is 1.00 bits per heavy atom. The van der Waals surface area contributed by atoms with Crippen molar-refractivity contribution in [2.24, 2.45) is 0 Å². The molecule has 0 spiro atoms. The van der Waals surface area contributed by atoms with Crippen molar-refractivity contribution in [3.05, 3.63) is 35.4 Å². The summed E-state index contributed by atoms with van der Waals surface area (Å²) in [5.41, 5.74) is 2.56. The lowest BCUT2D eigenvalue weighted by atomic mass is 10.0. The molecule has 0 bridgehead atoms. The SMILES string of the molecule is BrCCCC#Cc1ccccc1CCCBr. The van der Waals surface area contributed by atoms with E-state index in [0.29, 0.717) is 0 Å². The molecule has 0 N–H and O–H groups in total. The summed E-state index contributed by atoms with van der Waals surface area (Å²) in [6.07, 6.45) is 4.36. The van der Waals surface area contributed by atoms with Crippen LogP contribution in [0.25, 0.3) is 0 Å². The van der Waals surface area contributed by atoms with Crippen molar-refractivity contribution < 1.29 is 0 Å². The average molecular weight is 344 g/mol. The van der Waals surface area contributed by atoms with E-state index in [1.807, 2.05) is 0 Å². The molecule has 0 aliphatic rings. The maximum Gasteiger partial charge on any atom is 0.0277 e. The standard InChI is InChI=1S/C14H16Br2/c15-11-5-1-2-7-13-8-3-4-9-14(13)10-6-12-16/h3-4,8-9H,1,5-6,10-12H2. The van der Waals surface area contributed by atoms with Gasteiger partial charge in [0.2, 0.25) is 0 Å². The number of hydrogen-bond acceptors (Lipinski definition) is 0. The van der Waals surface area contributed by atoms with Crippen LogP contribution >= 0.6 is 31.9 Å². The lowest BCUT2D eigenvalue weighted by Gasteiger charge is -2.02. The number of rotatable bonds is 5. The highest BCUT2D eigenvalue weighted by molar-refractivity contribution is 9.09. The van der Waals surface area contributed by atoms with Crippen molar-refractivity contribution in [2.75, 3.05) is 10.7 Å². The molecule has 1 rings (SSSR count). The summed E-state index contributed by atoms with van der Waals surface area (Å²) in [4.78, 5) is 0. The lowest BCUT2D eigenvalue weighted by Crippen LogP contribution is -1.90. The number of unbranched alkanes of at least 4 members (excludes halogenated alkanes) is 1. The molecule has 0 amide bonds. The van der Waals surface area contributed by atoms with Crippen molar-refractivity contribution in [3.8, 4) is 11.8 Å². The number of aryl methyl sites for hydroxylation is 1. The minimum atomic E-state index is 0.970. The maximum atomic E-state index is 3.46. The van der Waals surface area contributed by atoms with Crippen LogP contribution in [0, 0.1) is 11.8 Å². The van der Waals surface area contributed by atoms with Crippen molar-refractivity contribution in [2.45, 2.75) is 25.7 Å². The predicted octanol–water partition coefficient (Wildman–Crippen LogP) is 4.54. The minimum absolute atomic E-state index is 0.970. The molecule has 0 heterocycles. The zero-order valence-corrected chi connectivity index (χ0v) is 12.5. The third kappa shape index (κ3) is 5.18. The van der Waals surface area contributed by atoms with E-state index < -0.39 is 0 Å². The van der Waals surface area contributed by atoms with Gasteiger partial charge in [-0.25, -0.2) is 0 Å². The smallest absolute Gasteiger partial charge is 0.0277 e. The Labute approximate surface area is 115 Å². The zero-order chi connectivity index (χ0) is 11.6. The highest BCUT2D eigenvalue weighted by Gasteiger charge is 1.97. The predicted molar refractivity (Wildman–Crippen MR) is 78.5 cm³/mol. The Morgan fingerprint density at radius 2 is 1.75 bits per heavy atom. The van der Waals surface area contributed by atoms with Crippen LogP contribution in [0.3, 0.4) is 0 Å². The van der Waals surface area contributed by atoms with Gasteiger partial charge in [0.15, 0.2) is 0 Å². The van der Waals surface area contributed by atoms with E-state index in [9.17, 15) is 0 Å². The molecule has 0 aromatic heterocycles. The third-order valence-corrected chi connectivity index (χ3v) is 3.38. The molecule has 0 fully saturated rings. The van der Waals surface area contributed by atoms with Gasteiger partial charge < -0.3 is 0 Å². The van der Waals surface area contributed by atoms with Crippen LogP contribution in [0.5, 0.6) is 0 Å². The molecule has 0 saturated heterocycles. The van der Waals surface area contributed by atoms with E-state index in [0.717, 1.165) is 29.9 Å². The second-order valence-electron chi connectivity index (χ2n) is 3.54. The highest BCUT2D eigenvalue weighted by atomic mass is 79.9. The lowest BCUT2D eigenvalue weighted by molar-refractivity contribution is 0.936. The summed E-state index contributed by atoms with van der Waals surface area (Å²) in [6, 6.07) is 8.45. The van der Waals surface area contributed by atoms with Gasteiger partial charge in [-0.15, -0.1) is 0 Å². The van der Waals surface area contributed by atoms with E-state index in [4.69, 9.17) is 0 Å². The Bertz CT molecular complexity index is 360. The molecule has 0 aliphatic heterocycles. The first-order valence-electron chi connectivity index (χ1n) is 5.57. The van der Waals surface area contributed by atoms with Crippen molar-refractivity contribution in [3.63, 3.8) is 0 Å². The molecule has 0 nitrogen and oxygen atoms in total. The topological polar surface area (TPSA) is 0 Å². The van der Waals surface area contributed by atoms with Crippen molar-refractivity contribution in [1.82, 2.24) is 0 Å². The van der Waals surface area contributed by atoms with Gasteiger partial charge in [-0.1, -0.05) is 61.9 Å². The molecule has 0 radical (unpaired) electrons. The fourth-order valence-corrected chi connectivity index (χ4v) is 1.99. The fraction of sp³-hybridized carbons (Fsp3) is 0.429. The quantitative estimate of drug-likeness (QED) is 0.418. The summed E-state index contributed by atoms with van der Waals surface area (Å²) in [7, 11) is 0. The molecule has 86 valence electrons. The molecule has 2 heteroatoms. The fourth-order valence-electron chi connectivity index (χ4n) is 1.43. The Morgan fingerprint density at radius 3 is 2.50 bits per heavy atom. The average Bonchev–Trinajstić information content (AvgIpc) is 2.33. The second-order valence-corrected chi connectivity index (χ2v) is 5.13. The number of benzene rings is 1. The van der Waals surface area contributed by atoms with E-state index >= 15 is 0 Å². The minimum Gasteiger partial charge on any atom is -0.0979 e. The first-order chi connectivity index (χ1) is 7.88. The summed E-state index contributed by atoms with van der Waals surface area (Å²) < 4.78 is 0. The molecule has 0 aliphatic carbocycles. The van der Waals surface area contributed by atoms with Crippen LogP contribution in [0.1, 0.15) is 30.4 Å². The molecule has 1 aromatic carbocycles. The molecular weight excluding hydrogens is 328 g/mol. The van der Waals surface area contributed by atoms with Crippen LogP contribution in [-0.2, 0) is 6.42 Å². The summed E-state index contributed by atoms with van der Waals surface area (Å²) in [6.45, 7) is 0. The van der Waals surface area contributed by atoms with Crippen molar-refractivity contribution in [1.29, 1.82) is 0 Å². The monoisotopic (exact) mass is 342 g/mol. The van der Waals surface area contributed by atoms with Gasteiger partial charge in [0.05, 0.1) is 0 Å². The van der Waals surface area contributed by atoms with Gasteiger partial charge in [0.1, 0.15) is 0 Å². The summed E-state index contributed by atoms with van der Waals surface area (Å²) in [5, 5.41) is 2.09. The van der Waals surface area contributed by atoms with E-state index in [-0.39, 0.29) is 0 Å². The largest absolute Gasteiger partial charge is 0.0979 e. The van der Waals surface area contributed by atoms with Crippen LogP contribution < -0.4 is 0 Å². The van der Waals surface area contributed by atoms with Crippen LogP contribution in [0.4, 0.5) is 0 Å². The molecule has 0 atom stereocenters. The highest BCUT2D eigenvalue weighted by Crippen LogP contribution is 2.10. The van der Waals surface area contributed by atoms with Crippen LogP contribution in [0.15, 0.2) is 24.3 Å². The van der Waals surface area contributed by atoms with Crippen molar-refractivity contribution >= 4 is 31.9 Å². The Hall–Kier alpha value is -0.260. The van der Waals surface area contributed by atoms with Gasteiger partial charge >= 0.3 is 0 Å². The van der Waals surface area contributed by atoms with E-state index in [1.54, 1.807) is 0 Å². The molecule has 1 aromatic rings. The first-order valence-corrected chi connectivity index (χ1v) is 7.81. The van der Waals surface area contributed by atoms with Gasteiger partial charge in [-0.3, -0.25) is 0 Å².